The second kappa shape index (κ2) is 9.49. The van der Waals surface area contributed by atoms with Crippen LogP contribution in [0.3, 0.4) is 0 Å². The van der Waals surface area contributed by atoms with Crippen molar-refractivity contribution < 1.29 is 30.6 Å². The molecule has 15 heteroatoms. The minimum atomic E-state index is -4.25. The van der Waals surface area contributed by atoms with E-state index >= 15 is 0 Å². The molecule has 3 N–H and O–H groups in total. The van der Waals surface area contributed by atoms with Crippen LogP contribution in [-0.2, 0) is 27.9 Å². The lowest BCUT2D eigenvalue weighted by molar-refractivity contribution is -0.0565. The summed E-state index contributed by atoms with van der Waals surface area (Å²) in [6.45, 7) is 19.8. The van der Waals surface area contributed by atoms with Gasteiger partial charge in [0.15, 0.2) is 28.5 Å². The van der Waals surface area contributed by atoms with Gasteiger partial charge in [0.05, 0.1) is 23.9 Å². The lowest BCUT2D eigenvalue weighted by Gasteiger charge is -2.43. The molecule has 2 aliphatic heterocycles. The molecule has 3 heterocycles. The van der Waals surface area contributed by atoms with Crippen molar-refractivity contribution in [2.75, 3.05) is 6.61 Å². The molecule has 0 saturated carbocycles. The zero-order valence-electron chi connectivity index (χ0n) is 23.7. The van der Waals surface area contributed by atoms with E-state index in [1.54, 1.807) is 0 Å². The first-order valence-electron chi connectivity index (χ1n) is 12.4. The van der Waals surface area contributed by atoms with E-state index in [1.165, 1.54) is 0 Å². The maximum atomic E-state index is 14.4. The molecular formula is C23H40FN3O8SSi2. The number of halogens is 1. The number of rotatable bonds is 6. The molecule has 1 aromatic rings. The van der Waals surface area contributed by atoms with Gasteiger partial charge in [0.1, 0.15) is 12.2 Å². The highest BCUT2D eigenvalue weighted by atomic mass is 32.2. The molecular weight excluding hydrogens is 554 g/mol. The largest absolute Gasteiger partial charge is 0.414 e. The van der Waals surface area contributed by atoms with Gasteiger partial charge in [0.25, 0.3) is 15.7 Å². The van der Waals surface area contributed by atoms with E-state index in [-0.39, 0.29) is 22.4 Å². The molecule has 216 valence electrons. The number of nitrogens with zero attached hydrogens (tertiary/aromatic N) is 1. The molecule has 1 fully saturated rings. The molecule has 2 aliphatic rings. The SMILES string of the molecule is CC(C)(C)[Si](C)(C)OCC1OC(n2cc(F)c(=O)[nH]c2=O)C(O[Si](C)(C)C(C)(C)C)C12OS(=O)(=O)C=C2N. The van der Waals surface area contributed by atoms with Gasteiger partial charge in [-0.05, 0) is 36.3 Å². The molecule has 0 aliphatic carbocycles. The highest BCUT2D eigenvalue weighted by Crippen LogP contribution is 2.52. The van der Waals surface area contributed by atoms with Crippen LogP contribution in [0.25, 0.3) is 0 Å². The van der Waals surface area contributed by atoms with Crippen molar-refractivity contribution in [3.05, 3.63) is 44.0 Å². The van der Waals surface area contributed by atoms with Crippen molar-refractivity contribution in [2.45, 2.75) is 102 Å². The van der Waals surface area contributed by atoms with Gasteiger partial charge in [0, 0.05) is 0 Å². The molecule has 1 spiro atoms. The van der Waals surface area contributed by atoms with Crippen LogP contribution >= 0.6 is 0 Å². The normalized spacial score (nSPS) is 28.2. The summed E-state index contributed by atoms with van der Waals surface area (Å²) in [7, 11) is -9.36. The van der Waals surface area contributed by atoms with Gasteiger partial charge in [-0.25, -0.2) is 8.98 Å². The van der Waals surface area contributed by atoms with Crippen LogP contribution < -0.4 is 17.0 Å². The van der Waals surface area contributed by atoms with Crippen LogP contribution in [0.15, 0.2) is 26.9 Å². The summed E-state index contributed by atoms with van der Waals surface area (Å²) in [6.07, 6.45) is -3.13. The second-order valence-corrected chi connectivity index (χ2v) is 23.9. The fourth-order valence-electron chi connectivity index (χ4n) is 3.86. The zero-order valence-corrected chi connectivity index (χ0v) is 26.5. The van der Waals surface area contributed by atoms with Crippen LogP contribution in [0.4, 0.5) is 4.39 Å². The van der Waals surface area contributed by atoms with Gasteiger partial charge < -0.3 is 19.3 Å². The van der Waals surface area contributed by atoms with Gasteiger partial charge in [-0.1, -0.05) is 41.5 Å². The third-order valence-electron chi connectivity index (χ3n) is 8.27. The van der Waals surface area contributed by atoms with Crippen molar-refractivity contribution in [2.24, 2.45) is 5.73 Å². The summed E-state index contributed by atoms with van der Waals surface area (Å²) in [5.41, 5.74) is 2.14. The average molecular weight is 594 g/mol. The summed E-state index contributed by atoms with van der Waals surface area (Å²) in [5.74, 6) is -1.22. The Bertz CT molecular complexity index is 1340. The number of nitrogens with one attached hydrogen (secondary N) is 1. The predicted octanol–water partition coefficient (Wildman–Crippen LogP) is 2.88. The molecule has 4 atom stereocenters. The molecule has 11 nitrogen and oxygen atoms in total. The molecule has 0 amide bonds. The predicted molar refractivity (Wildman–Crippen MR) is 145 cm³/mol. The van der Waals surface area contributed by atoms with Crippen molar-refractivity contribution in [3.8, 4) is 0 Å². The smallest absolute Gasteiger partial charge is 0.330 e. The Hall–Kier alpha value is -1.63. The summed E-state index contributed by atoms with van der Waals surface area (Å²) in [5, 5.41) is 0.264. The maximum absolute atomic E-state index is 14.4. The first-order chi connectivity index (χ1) is 17.0. The van der Waals surface area contributed by atoms with Crippen LogP contribution in [0.1, 0.15) is 47.8 Å². The third-order valence-corrected chi connectivity index (χ3v) is 18.3. The fourth-order valence-corrected chi connectivity index (χ4v) is 7.37. The highest BCUT2D eigenvalue weighted by Gasteiger charge is 2.67. The standard InChI is InChI=1S/C23H40FN3O8SSi2/c1-21(2,3)37(7,8)32-12-16-23(15(25)13-36(30,31)35-23)17(34-38(9,10)22(4,5)6)19(33-16)27-11-14(24)18(28)26-20(27)29/h11,13,16-17,19H,12,25H2,1-10H3,(H,26,28,29). The number of hydrogen-bond acceptors (Lipinski definition) is 9. The van der Waals surface area contributed by atoms with Gasteiger partial charge >= 0.3 is 5.69 Å². The number of aromatic nitrogens is 2. The van der Waals surface area contributed by atoms with Gasteiger partial charge in [-0.2, -0.15) is 12.8 Å². The minimum absolute atomic E-state index is 0.130. The Balaban J connectivity index is 2.24. The Kier molecular flexibility index (Phi) is 7.72. The van der Waals surface area contributed by atoms with Crippen LogP contribution in [0, 0.1) is 5.82 Å². The highest BCUT2D eigenvalue weighted by molar-refractivity contribution is 7.90. The second-order valence-electron chi connectivity index (χ2n) is 13.0. The molecule has 38 heavy (non-hydrogen) atoms. The van der Waals surface area contributed by atoms with E-state index in [9.17, 15) is 22.4 Å². The summed E-state index contributed by atoms with van der Waals surface area (Å²) >= 11 is 0. The van der Waals surface area contributed by atoms with Gasteiger partial charge in [-0.3, -0.25) is 14.3 Å². The molecule has 3 rings (SSSR count). The van der Waals surface area contributed by atoms with Crippen LogP contribution in [0.5, 0.6) is 0 Å². The number of nitrogens with two attached hydrogens (primary N) is 1. The van der Waals surface area contributed by atoms with E-state index in [2.05, 4.69) is 0 Å². The van der Waals surface area contributed by atoms with Crippen molar-refractivity contribution in [1.29, 1.82) is 0 Å². The van der Waals surface area contributed by atoms with E-state index in [4.69, 9.17) is 23.5 Å². The number of ether oxygens (including phenoxy) is 1. The topological polar surface area (TPSA) is 152 Å². The minimum Gasteiger partial charge on any atom is -0.414 e. The van der Waals surface area contributed by atoms with Gasteiger partial charge in [0.2, 0.25) is 5.82 Å². The first kappa shape index (κ1) is 30.9. The summed E-state index contributed by atoms with van der Waals surface area (Å²) in [4.78, 5) is 26.5. The monoisotopic (exact) mass is 593 g/mol. The van der Waals surface area contributed by atoms with E-state index in [1.807, 2.05) is 72.7 Å². The molecule has 0 radical (unpaired) electrons. The maximum Gasteiger partial charge on any atom is 0.330 e. The van der Waals surface area contributed by atoms with Crippen molar-refractivity contribution in [3.63, 3.8) is 0 Å². The lowest BCUT2D eigenvalue weighted by atomic mass is 9.89. The quantitative estimate of drug-likeness (QED) is 0.375. The molecule has 4 unspecified atom stereocenters. The fraction of sp³-hybridized carbons (Fsp3) is 0.739. The summed E-state index contributed by atoms with van der Waals surface area (Å²) < 4.78 is 65.7. The summed E-state index contributed by atoms with van der Waals surface area (Å²) in [6, 6.07) is 0. The molecule has 1 aromatic heterocycles. The number of hydrogen-bond donors (Lipinski definition) is 2. The first-order valence-corrected chi connectivity index (χ1v) is 19.7. The molecule has 0 aromatic carbocycles. The third kappa shape index (κ3) is 5.38. The molecule has 0 bridgehead atoms. The Morgan fingerprint density at radius 2 is 1.66 bits per heavy atom. The Morgan fingerprint density at radius 3 is 2.13 bits per heavy atom. The van der Waals surface area contributed by atoms with Crippen molar-refractivity contribution in [1.82, 2.24) is 9.55 Å². The van der Waals surface area contributed by atoms with Crippen LogP contribution in [-0.4, -0.2) is 59.0 Å². The zero-order chi connectivity index (χ0) is 29.3. The van der Waals surface area contributed by atoms with E-state index in [0.717, 1.165) is 9.98 Å². The Morgan fingerprint density at radius 1 is 1.11 bits per heavy atom. The van der Waals surface area contributed by atoms with Gasteiger partial charge in [-0.15, -0.1) is 0 Å². The molecule has 1 saturated heterocycles. The van der Waals surface area contributed by atoms with E-state index < -0.39 is 67.9 Å². The average Bonchev–Trinajstić information content (AvgIpc) is 3.14. The lowest BCUT2D eigenvalue weighted by Crippen LogP contribution is -2.59. The van der Waals surface area contributed by atoms with E-state index in [0.29, 0.717) is 6.20 Å². The number of H-pyrrole nitrogens is 1. The Labute approximate surface area is 224 Å². The number of aromatic amines is 1. The van der Waals surface area contributed by atoms with Crippen molar-refractivity contribution >= 4 is 26.8 Å². The van der Waals surface area contributed by atoms with Crippen LogP contribution in [0.2, 0.25) is 36.3 Å².